The Morgan fingerprint density at radius 2 is 1.54 bits per heavy atom. The number of benzene rings is 2. The largest absolute Gasteiger partial charge is 0.497 e. The summed E-state index contributed by atoms with van der Waals surface area (Å²) in [5.41, 5.74) is 1.67. The molecule has 0 heterocycles. The predicted molar refractivity (Wildman–Crippen MR) is 97.3 cm³/mol. The minimum atomic E-state index is -0.453. The maximum absolute atomic E-state index is 12.9. The lowest BCUT2D eigenvalue weighted by Crippen LogP contribution is -2.34. The van der Waals surface area contributed by atoms with E-state index >= 15 is 0 Å². The van der Waals surface area contributed by atoms with Crippen molar-refractivity contribution in [1.82, 2.24) is 4.90 Å². The first-order valence-corrected chi connectivity index (χ1v) is 8.21. The Bertz CT molecular complexity index is 925. The quantitative estimate of drug-likeness (QED) is 0.796. The van der Waals surface area contributed by atoms with E-state index in [0.717, 1.165) is 11.3 Å². The molecule has 5 nitrogen and oxygen atoms in total. The average molecular weight is 349 g/mol. The van der Waals surface area contributed by atoms with Crippen LogP contribution >= 0.6 is 0 Å². The Morgan fingerprint density at radius 1 is 0.962 bits per heavy atom. The normalized spacial score (nSPS) is 13.5. The Labute approximate surface area is 151 Å². The highest BCUT2D eigenvalue weighted by Gasteiger charge is 2.34. The molecule has 1 aliphatic rings. The van der Waals surface area contributed by atoms with Crippen molar-refractivity contribution in [3.05, 3.63) is 76.4 Å². The number of Topliss-reactive ketones (excluding diaryl/α,β-unsaturated/α-hetero) is 2. The van der Waals surface area contributed by atoms with Crippen molar-refractivity contribution >= 4 is 17.5 Å². The van der Waals surface area contributed by atoms with Crippen LogP contribution in [0.25, 0.3) is 0 Å². The van der Waals surface area contributed by atoms with Gasteiger partial charge in [-0.1, -0.05) is 36.4 Å². The molecule has 0 atom stereocenters. The maximum atomic E-state index is 12.9. The van der Waals surface area contributed by atoms with Gasteiger partial charge in [-0.3, -0.25) is 14.4 Å². The summed E-state index contributed by atoms with van der Waals surface area (Å²) in [5, 5.41) is 0. The fraction of sp³-hybridized carbons (Fsp3) is 0.190. The molecule has 0 saturated carbocycles. The average Bonchev–Trinajstić information content (AvgIpc) is 2.67. The summed E-state index contributed by atoms with van der Waals surface area (Å²) in [5.74, 6) is -0.400. The second kappa shape index (κ2) is 6.96. The number of fused-ring (bicyclic) bond motifs is 1. The molecule has 26 heavy (non-hydrogen) atoms. The van der Waals surface area contributed by atoms with Crippen LogP contribution in [0.15, 0.2) is 59.7 Å². The van der Waals surface area contributed by atoms with Crippen molar-refractivity contribution in [2.24, 2.45) is 0 Å². The number of allylic oxidation sites excluding steroid dienone is 1. The van der Waals surface area contributed by atoms with Gasteiger partial charge in [0.1, 0.15) is 5.75 Å². The zero-order chi connectivity index (χ0) is 18.8. The van der Waals surface area contributed by atoms with Crippen molar-refractivity contribution in [1.29, 1.82) is 0 Å². The lowest BCUT2D eigenvalue weighted by atomic mass is 9.84. The number of ether oxygens (including phenoxy) is 1. The van der Waals surface area contributed by atoms with Crippen molar-refractivity contribution in [2.75, 3.05) is 14.2 Å². The molecular weight excluding hydrogens is 330 g/mol. The summed E-state index contributed by atoms with van der Waals surface area (Å²) in [6.07, 6.45) is 0. The third kappa shape index (κ3) is 3.04. The number of likely N-dealkylation sites (N-methyl/N-ethyl adjacent to an activating group) is 1. The van der Waals surface area contributed by atoms with Crippen LogP contribution in [0.3, 0.4) is 0 Å². The summed E-state index contributed by atoms with van der Waals surface area (Å²) >= 11 is 0. The van der Waals surface area contributed by atoms with Crippen LogP contribution < -0.4 is 4.74 Å². The number of nitrogens with zero attached hydrogens (tertiary/aromatic N) is 1. The molecule has 0 bridgehead atoms. The minimum Gasteiger partial charge on any atom is -0.497 e. The van der Waals surface area contributed by atoms with E-state index in [1.54, 1.807) is 38.4 Å². The molecule has 0 fully saturated rings. The summed E-state index contributed by atoms with van der Waals surface area (Å²) in [6.45, 7) is 1.85. The van der Waals surface area contributed by atoms with Gasteiger partial charge < -0.3 is 9.64 Å². The van der Waals surface area contributed by atoms with Crippen molar-refractivity contribution in [3.8, 4) is 5.75 Å². The fourth-order valence-corrected chi connectivity index (χ4v) is 3.02. The Kier molecular flexibility index (Phi) is 4.71. The van der Waals surface area contributed by atoms with Gasteiger partial charge in [-0.25, -0.2) is 0 Å². The SMILES string of the molecule is COc1ccc(CN(C)C(=O)C2=C(C)C(=O)c3ccccc3C2=O)cc1. The molecule has 0 spiro atoms. The molecule has 0 aliphatic heterocycles. The van der Waals surface area contributed by atoms with Gasteiger partial charge in [0.25, 0.3) is 5.91 Å². The highest BCUT2D eigenvalue weighted by atomic mass is 16.5. The monoisotopic (exact) mass is 349 g/mol. The number of ketones is 2. The first-order chi connectivity index (χ1) is 12.4. The molecule has 132 valence electrons. The van der Waals surface area contributed by atoms with Crippen molar-refractivity contribution in [2.45, 2.75) is 13.5 Å². The molecule has 0 saturated heterocycles. The second-order valence-corrected chi connectivity index (χ2v) is 6.21. The Morgan fingerprint density at radius 3 is 2.12 bits per heavy atom. The van der Waals surface area contributed by atoms with Crippen LogP contribution in [-0.4, -0.2) is 36.5 Å². The van der Waals surface area contributed by atoms with Gasteiger partial charge in [0, 0.05) is 30.3 Å². The van der Waals surface area contributed by atoms with E-state index in [-0.39, 0.29) is 22.5 Å². The van der Waals surface area contributed by atoms with Gasteiger partial charge in [0.2, 0.25) is 0 Å². The third-order valence-electron chi connectivity index (χ3n) is 4.50. The van der Waals surface area contributed by atoms with Crippen LogP contribution in [0, 0.1) is 0 Å². The van der Waals surface area contributed by atoms with Crippen LogP contribution in [0.4, 0.5) is 0 Å². The van der Waals surface area contributed by atoms with E-state index in [1.807, 2.05) is 24.3 Å². The zero-order valence-corrected chi connectivity index (χ0v) is 14.9. The highest BCUT2D eigenvalue weighted by molar-refractivity contribution is 6.36. The first kappa shape index (κ1) is 17.6. The number of hydrogen-bond donors (Lipinski definition) is 0. The van der Waals surface area contributed by atoms with Gasteiger partial charge >= 0.3 is 0 Å². The van der Waals surface area contributed by atoms with Crippen molar-refractivity contribution < 1.29 is 19.1 Å². The predicted octanol–water partition coefficient (Wildman–Crippen LogP) is 3.05. The van der Waals surface area contributed by atoms with Gasteiger partial charge in [0.05, 0.1) is 12.7 Å². The van der Waals surface area contributed by atoms with E-state index in [1.165, 1.54) is 11.8 Å². The topological polar surface area (TPSA) is 63.7 Å². The number of carbonyl (C=O) groups is 3. The lowest BCUT2D eigenvalue weighted by Gasteiger charge is -2.23. The van der Waals surface area contributed by atoms with Gasteiger partial charge in [0.15, 0.2) is 11.6 Å². The zero-order valence-electron chi connectivity index (χ0n) is 14.9. The second-order valence-electron chi connectivity index (χ2n) is 6.21. The molecule has 2 aromatic carbocycles. The smallest absolute Gasteiger partial charge is 0.258 e. The van der Waals surface area contributed by atoms with E-state index < -0.39 is 11.7 Å². The van der Waals surface area contributed by atoms with Gasteiger partial charge in [-0.15, -0.1) is 0 Å². The third-order valence-corrected chi connectivity index (χ3v) is 4.50. The van der Waals surface area contributed by atoms with E-state index in [0.29, 0.717) is 12.1 Å². The highest BCUT2D eigenvalue weighted by Crippen LogP contribution is 2.27. The summed E-state index contributed by atoms with van der Waals surface area (Å²) in [4.78, 5) is 39.6. The summed E-state index contributed by atoms with van der Waals surface area (Å²) in [6, 6.07) is 13.9. The molecule has 1 aliphatic carbocycles. The molecule has 0 N–H and O–H groups in total. The van der Waals surface area contributed by atoms with Crippen LogP contribution in [-0.2, 0) is 11.3 Å². The van der Waals surface area contributed by atoms with Crippen molar-refractivity contribution in [3.63, 3.8) is 0 Å². The van der Waals surface area contributed by atoms with E-state index in [4.69, 9.17) is 4.74 Å². The van der Waals surface area contributed by atoms with Crippen LogP contribution in [0.1, 0.15) is 33.2 Å². The molecule has 0 unspecified atom stereocenters. The summed E-state index contributed by atoms with van der Waals surface area (Å²) < 4.78 is 5.12. The molecule has 0 aromatic heterocycles. The van der Waals surface area contributed by atoms with Gasteiger partial charge in [-0.05, 0) is 24.6 Å². The Balaban J connectivity index is 1.87. The molecule has 1 amide bonds. The Hall–Kier alpha value is -3.21. The number of amides is 1. The van der Waals surface area contributed by atoms with Gasteiger partial charge in [-0.2, -0.15) is 0 Å². The number of hydrogen-bond acceptors (Lipinski definition) is 4. The van der Waals surface area contributed by atoms with E-state index in [9.17, 15) is 14.4 Å². The fourth-order valence-electron chi connectivity index (χ4n) is 3.02. The molecule has 0 radical (unpaired) electrons. The minimum absolute atomic E-state index is 0.0512. The molecule has 3 rings (SSSR count). The lowest BCUT2D eigenvalue weighted by molar-refractivity contribution is -0.126. The molecular formula is C21H19NO4. The first-order valence-electron chi connectivity index (χ1n) is 8.21. The molecule has 2 aromatic rings. The summed E-state index contributed by atoms with van der Waals surface area (Å²) in [7, 11) is 3.20. The standard InChI is InChI=1S/C21H19NO4/c1-13-18(20(24)17-7-5-4-6-16(17)19(13)23)21(25)22(2)12-14-8-10-15(26-3)11-9-14/h4-11H,12H2,1-3H3. The van der Waals surface area contributed by atoms with Crippen LogP contribution in [0.5, 0.6) is 5.75 Å². The van der Waals surface area contributed by atoms with E-state index in [2.05, 4.69) is 0 Å². The number of rotatable bonds is 4. The molecule has 5 heteroatoms. The number of methoxy groups -OCH3 is 1. The number of carbonyl (C=O) groups excluding carboxylic acids is 3. The van der Waals surface area contributed by atoms with Crippen LogP contribution in [0.2, 0.25) is 0 Å². The maximum Gasteiger partial charge on any atom is 0.258 e.